The van der Waals surface area contributed by atoms with Crippen molar-refractivity contribution in [1.29, 1.82) is 0 Å². The highest BCUT2D eigenvalue weighted by Gasteiger charge is 2.29. The van der Waals surface area contributed by atoms with Crippen molar-refractivity contribution in [2.24, 2.45) is 0 Å². The van der Waals surface area contributed by atoms with Crippen LogP contribution >= 0.6 is 0 Å². The van der Waals surface area contributed by atoms with E-state index in [1.54, 1.807) is 0 Å². The normalized spacial score (nSPS) is 21.1. The lowest BCUT2D eigenvalue weighted by Crippen LogP contribution is -2.49. The van der Waals surface area contributed by atoms with Crippen LogP contribution in [0.4, 0.5) is 0 Å². The minimum Gasteiger partial charge on any atom is -0.381 e. The maximum absolute atomic E-state index is 12.4. The van der Waals surface area contributed by atoms with Gasteiger partial charge in [0, 0.05) is 45.8 Å². The molecular formula is C20H30N2O2. The standard InChI is InChI=1S/C20H30N2O2/c1-24-19-11-15-21(16-12-19)18-9-13-22(14-10-18)20(23)8-7-17-5-3-2-4-6-17/h2-6,18-19H,7-16H2,1H3. The van der Waals surface area contributed by atoms with Crippen molar-refractivity contribution in [3.8, 4) is 0 Å². The average molecular weight is 330 g/mol. The molecule has 1 amide bonds. The van der Waals surface area contributed by atoms with Gasteiger partial charge in [0.05, 0.1) is 6.10 Å². The zero-order valence-corrected chi connectivity index (χ0v) is 14.8. The highest BCUT2D eigenvalue weighted by atomic mass is 16.5. The van der Waals surface area contributed by atoms with Crippen LogP contribution in [0.5, 0.6) is 0 Å². The fraction of sp³-hybridized carbons (Fsp3) is 0.650. The number of benzene rings is 1. The van der Waals surface area contributed by atoms with Gasteiger partial charge in [-0.3, -0.25) is 4.79 Å². The molecule has 0 saturated carbocycles. The first-order chi connectivity index (χ1) is 11.8. The summed E-state index contributed by atoms with van der Waals surface area (Å²) >= 11 is 0. The maximum atomic E-state index is 12.4. The van der Waals surface area contributed by atoms with Crippen LogP contribution < -0.4 is 0 Å². The van der Waals surface area contributed by atoms with Crippen molar-refractivity contribution in [3.63, 3.8) is 0 Å². The van der Waals surface area contributed by atoms with Crippen LogP contribution in [0.3, 0.4) is 0 Å². The van der Waals surface area contributed by atoms with Crippen molar-refractivity contribution in [2.45, 2.75) is 50.7 Å². The molecule has 0 atom stereocenters. The third kappa shape index (κ3) is 4.58. The number of hydrogen-bond acceptors (Lipinski definition) is 3. The van der Waals surface area contributed by atoms with Gasteiger partial charge in [-0.25, -0.2) is 0 Å². The average Bonchev–Trinajstić information content (AvgIpc) is 2.67. The van der Waals surface area contributed by atoms with E-state index in [4.69, 9.17) is 4.74 Å². The van der Waals surface area contributed by atoms with E-state index in [1.165, 1.54) is 5.56 Å². The van der Waals surface area contributed by atoms with Gasteiger partial charge in [0.1, 0.15) is 0 Å². The molecule has 2 aliphatic rings. The second kappa shape index (κ2) is 8.63. The first-order valence-electron chi connectivity index (χ1n) is 9.35. The molecule has 0 radical (unpaired) electrons. The Labute approximate surface area is 145 Å². The molecule has 2 fully saturated rings. The first-order valence-corrected chi connectivity index (χ1v) is 9.35. The lowest BCUT2D eigenvalue weighted by Gasteiger charge is -2.41. The van der Waals surface area contributed by atoms with E-state index in [-0.39, 0.29) is 0 Å². The minimum absolute atomic E-state index is 0.315. The van der Waals surface area contributed by atoms with Crippen LogP contribution in [0.1, 0.15) is 37.7 Å². The third-order valence-electron chi connectivity index (χ3n) is 5.61. The lowest BCUT2D eigenvalue weighted by molar-refractivity contribution is -0.132. The quantitative estimate of drug-likeness (QED) is 0.832. The Morgan fingerprint density at radius 3 is 2.33 bits per heavy atom. The number of methoxy groups -OCH3 is 1. The number of aryl methyl sites for hydroxylation is 1. The summed E-state index contributed by atoms with van der Waals surface area (Å²) < 4.78 is 5.46. The Morgan fingerprint density at radius 2 is 1.71 bits per heavy atom. The smallest absolute Gasteiger partial charge is 0.222 e. The molecule has 2 aliphatic heterocycles. The predicted molar refractivity (Wildman–Crippen MR) is 96.0 cm³/mol. The number of rotatable bonds is 5. The van der Waals surface area contributed by atoms with Crippen molar-refractivity contribution in [1.82, 2.24) is 9.80 Å². The highest BCUT2D eigenvalue weighted by molar-refractivity contribution is 5.76. The van der Waals surface area contributed by atoms with Gasteiger partial charge >= 0.3 is 0 Å². The Morgan fingerprint density at radius 1 is 1.04 bits per heavy atom. The fourth-order valence-electron chi connectivity index (χ4n) is 4.01. The Bertz CT molecular complexity index is 504. The second-order valence-corrected chi connectivity index (χ2v) is 7.07. The summed E-state index contributed by atoms with van der Waals surface area (Å²) in [6, 6.07) is 11.0. The van der Waals surface area contributed by atoms with Crippen LogP contribution in [-0.2, 0) is 16.0 Å². The van der Waals surface area contributed by atoms with Crippen LogP contribution in [0.25, 0.3) is 0 Å². The van der Waals surface area contributed by atoms with Gasteiger partial charge in [-0.05, 0) is 37.7 Å². The van der Waals surface area contributed by atoms with E-state index in [2.05, 4.69) is 21.9 Å². The van der Waals surface area contributed by atoms with Crippen molar-refractivity contribution >= 4 is 5.91 Å². The Kier molecular flexibility index (Phi) is 6.27. The number of likely N-dealkylation sites (tertiary alicyclic amines) is 2. The number of hydrogen-bond donors (Lipinski definition) is 0. The van der Waals surface area contributed by atoms with Gasteiger partial charge in [-0.1, -0.05) is 30.3 Å². The zero-order valence-electron chi connectivity index (χ0n) is 14.8. The molecule has 0 aliphatic carbocycles. The summed E-state index contributed by atoms with van der Waals surface area (Å²) in [4.78, 5) is 17.1. The van der Waals surface area contributed by atoms with Crippen molar-refractivity contribution < 1.29 is 9.53 Å². The number of nitrogens with zero attached hydrogens (tertiary/aromatic N) is 2. The molecule has 0 bridgehead atoms. The summed E-state index contributed by atoms with van der Waals surface area (Å²) in [6.07, 6.45) is 6.46. The van der Waals surface area contributed by atoms with Crippen LogP contribution in [0, 0.1) is 0 Å². The molecule has 4 nitrogen and oxygen atoms in total. The molecule has 1 aromatic rings. The molecule has 3 rings (SSSR count). The van der Waals surface area contributed by atoms with Gasteiger partial charge in [-0.2, -0.15) is 0 Å². The summed E-state index contributed by atoms with van der Waals surface area (Å²) in [6.45, 7) is 4.13. The predicted octanol–water partition coefficient (Wildman–Crippen LogP) is 2.72. The molecular weight excluding hydrogens is 300 g/mol. The van der Waals surface area contributed by atoms with Gasteiger partial charge < -0.3 is 14.5 Å². The van der Waals surface area contributed by atoms with E-state index in [1.807, 2.05) is 25.3 Å². The summed E-state index contributed by atoms with van der Waals surface area (Å²) in [5.74, 6) is 0.315. The van der Waals surface area contributed by atoms with Crippen LogP contribution in [0.2, 0.25) is 0 Å². The number of carbonyl (C=O) groups excluding carboxylic acids is 1. The van der Waals surface area contributed by atoms with E-state index >= 15 is 0 Å². The molecule has 0 N–H and O–H groups in total. The van der Waals surface area contributed by atoms with E-state index in [9.17, 15) is 4.79 Å². The zero-order chi connectivity index (χ0) is 16.8. The van der Waals surface area contributed by atoms with Crippen LogP contribution in [0.15, 0.2) is 30.3 Å². The number of carbonyl (C=O) groups is 1. The summed E-state index contributed by atoms with van der Waals surface area (Å²) in [5.41, 5.74) is 1.25. The Balaban J connectivity index is 1.39. The molecule has 132 valence electrons. The van der Waals surface area contributed by atoms with Gasteiger partial charge in [-0.15, -0.1) is 0 Å². The molecule has 1 aromatic carbocycles. The molecule has 0 unspecified atom stereocenters. The molecule has 2 heterocycles. The topological polar surface area (TPSA) is 32.8 Å². The maximum Gasteiger partial charge on any atom is 0.222 e. The van der Waals surface area contributed by atoms with Gasteiger partial charge in [0.15, 0.2) is 0 Å². The van der Waals surface area contributed by atoms with Crippen molar-refractivity contribution in [3.05, 3.63) is 35.9 Å². The minimum atomic E-state index is 0.315. The molecule has 24 heavy (non-hydrogen) atoms. The molecule has 0 spiro atoms. The van der Waals surface area contributed by atoms with Gasteiger partial charge in [0.2, 0.25) is 5.91 Å². The second-order valence-electron chi connectivity index (χ2n) is 7.07. The first kappa shape index (κ1) is 17.4. The Hall–Kier alpha value is -1.39. The monoisotopic (exact) mass is 330 g/mol. The largest absolute Gasteiger partial charge is 0.381 e. The number of ether oxygens (including phenoxy) is 1. The summed E-state index contributed by atoms with van der Waals surface area (Å²) in [5, 5.41) is 0. The van der Waals surface area contributed by atoms with Crippen LogP contribution in [-0.4, -0.2) is 61.1 Å². The molecule has 0 aromatic heterocycles. The SMILES string of the molecule is COC1CCN(C2CCN(C(=O)CCc3ccccc3)CC2)CC1. The molecule has 4 heteroatoms. The molecule has 2 saturated heterocycles. The van der Waals surface area contributed by atoms with E-state index < -0.39 is 0 Å². The van der Waals surface area contributed by atoms with Gasteiger partial charge in [0.25, 0.3) is 0 Å². The van der Waals surface area contributed by atoms with Crippen molar-refractivity contribution in [2.75, 3.05) is 33.3 Å². The number of amides is 1. The third-order valence-corrected chi connectivity index (χ3v) is 5.61. The van der Waals surface area contributed by atoms with E-state index in [0.717, 1.165) is 58.3 Å². The lowest BCUT2D eigenvalue weighted by atomic mass is 9.98. The van der Waals surface area contributed by atoms with E-state index in [0.29, 0.717) is 24.5 Å². The highest BCUT2D eigenvalue weighted by Crippen LogP contribution is 2.22. The fourth-order valence-corrected chi connectivity index (χ4v) is 4.01. The summed E-state index contributed by atoms with van der Waals surface area (Å²) in [7, 11) is 1.82. The number of piperidine rings is 2.